The van der Waals surface area contributed by atoms with Gasteiger partial charge in [0.05, 0.1) is 4.90 Å². The van der Waals surface area contributed by atoms with Crippen LogP contribution in [0.1, 0.15) is 6.42 Å². The van der Waals surface area contributed by atoms with Gasteiger partial charge in [0, 0.05) is 52.0 Å². The van der Waals surface area contributed by atoms with Crippen LogP contribution in [0.2, 0.25) is 0 Å². The second-order valence-electron chi connectivity index (χ2n) is 7.19. The van der Waals surface area contributed by atoms with Crippen LogP contribution in [0.15, 0.2) is 59.5 Å². The summed E-state index contributed by atoms with van der Waals surface area (Å²) in [5.74, 6) is -0.591. The summed E-state index contributed by atoms with van der Waals surface area (Å²) in [5, 5.41) is 2.89. The van der Waals surface area contributed by atoms with Crippen molar-refractivity contribution in [1.82, 2.24) is 14.5 Å². The molecule has 2 amide bonds. The fraction of sp³-hybridized carbons (Fsp3) is 0.381. The molecule has 162 valence electrons. The Morgan fingerprint density at radius 2 is 1.77 bits per heavy atom. The monoisotopic (exact) mass is 434 g/mol. The van der Waals surface area contributed by atoms with Gasteiger partial charge in [-0.05, 0) is 36.8 Å². The van der Waals surface area contributed by atoms with Crippen LogP contribution in [-0.4, -0.2) is 70.0 Å². The number of urea groups is 1. The maximum absolute atomic E-state index is 13.4. The lowest BCUT2D eigenvalue weighted by Gasteiger charge is -2.34. The number of benzene rings is 2. The topological polar surface area (TPSA) is 73.0 Å². The molecule has 0 unspecified atom stereocenters. The van der Waals surface area contributed by atoms with Crippen molar-refractivity contribution in [2.45, 2.75) is 11.3 Å². The highest BCUT2D eigenvalue weighted by molar-refractivity contribution is 7.89. The fourth-order valence-electron chi connectivity index (χ4n) is 3.34. The van der Waals surface area contributed by atoms with Crippen LogP contribution in [0.4, 0.5) is 14.9 Å². The van der Waals surface area contributed by atoms with Gasteiger partial charge in [0.1, 0.15) is 5.82 Å². The highest BCUT2D eigenvalue weighted by Crippen LogP contribution is 2.18. The predicted molar refractivity (Wildman–Crippen MR) is 114 cm³/mol. The Bertz CT molecular complexity index is 948. The van der Waals surface area contributed by atoms with E-state index in [9.17, 15) is 17.6 Å². The van der Waals surface area contributed by atoms with Crippen LogP contribution in [0, 0.1) is 5.82 Å². The van der Waals surface area contributed by atoms with Crippen LogP contribution in [0.25, 0.3) is 0 Å². The van der Waals surface area contributed by atoms with E-state index in [1.807, 2.05) is 37.4 Å². The van der Waals surface area contributed by atoms with Crippen molar-refractivity contribution in [3.63, 3.8) is 0 Å². The Hall–Kier alpha value is -2.65. The zero-order chi connectivity index (χ0) is 21.6. The molecule has 0 saturated carbocycles. The lowest BCUT2D eigenvalue weighted by molar-refractivity contribution is 0.172. The summed E-state index contributed by atoms with van der Waals surface area (Å²) in [6.45, 7) is 2.31. The van der Waals surface area contributed by atoms with E-state index in [4.69, 9.17) is 0 Å². The summed E-state index contributed by atoms with van der Waals surface area (Å²) in [4.78, 5) is 16.0. The van der Waals surface area contributed by atoms with Crippen molar-refractivity contribution in [2.24, 2.45) is 0 Å². The minimum atomic E-state index is -3.76. The molecule has 2 aromatic rings. The van der Waals surface area contributed by atoms with E-state index >= 15 is 0 Å². The zero-order valence-electron chi connectivity index (χ0n) is 17.0. The molecule has 9 heteroatoms. The van der Waals surface area contributed by atoms with Gasteiger partial charge < -0.3 is 15.1 Å². The van der Waals surface area contributed by atoms with Crippen LogP contribution >= 0.6 is 0 Å². The minimum absolute atomic E-state index is 0.0667. The first-order valence-electron chi connectivity index (χ1n) is 9.92. The second-order valence-corrected chi connectivity index (χ2v) is 9.13. The Morgan fingerprint density at radius 1 is 1.07 bits per heavy atom. The Labute approximate surface area is 177 Å². The molecule has 0 radical (unpaired) electrons. The van der Waals surface area contributed by atoms with Crippen LogP contribution in [0.3, 0.4) is 0 Å². The first-order chi connectivity index (χ1) is 14.4. The average Bonchev–Trinajstić information content (AvgIpc) is 2.77. The summed E-state index contributed by atoms with van der Waals surface area (Å²) in [6.07, 6.45) is 0.797. The number of carbonyl (C=O) groups is 1. The number of nitrogens with zero attached hydrogens (tertiary/aromatic N) is 3. The van der Waals surface area contributed by atoms with Gasteiger partial charge in [-0.1, -0.05) is 24.3 Å². The average molecular weight is 435 g/mol. The lowest BCUT2D eigenvalue weighted by Crippen LogP contribution is -2.53. The smallest absolute Gasteiger partial charge is 0.317 e. The van der Waals surface area contributed by atoms with Crippen molar-refractivity contribution in [1.29, 1.82) is 0 Å². The van der Waals surface area contributed by atoms with Gasteiger partial charge in [0.2, 0.25) is 10.0 Å². The SMILES string of the molecule is CN(CCCNC(=O)N1CCN(S(=O)(=O)c2cccc(F)c2)CC1)c1ccccc1. The first kappa shape index (κ1) is 22.0. The summed E-state index contributed by atoms with van der Waals surface area (Å²) in [7, 11) is -1.75. The molecule has 0 spiro atoms. The van der Waals surface area contributed by atoms with Gasteiger partial charge in [-0.15, -0.1) is 0 Å². The third kappa shape index (κ3) is 5.48. The minimum Gasteiger partial charge on any atom is -0.375 e. The number of piperazine rings is 1. The largest absolute Gasteiger partial charge is 0.375 e. The Morgan fingerprint density at radius 3 is 2.43 bits per heavy atom. The fourth-order valence-corrected chi connectivity index (χ4v) is 4.80. The maximum Gasteiger partial charge on any atom is 0.317 e. The zero-order valence-corrected chi connectivity index (χ0v) is 17.8. The van der Waals surface area contributed by atoms with Gasteiger partial charge in [0.25, 0.3) is 0 Å². The molecule has 0 aliphatic carbocycles. The van der Waals surface area contributed by atoms with Crippen LogP contribution in [0.5, 0.6) is 0 Å². The highest BCUT2D eigenvalue weighted by atomic mass is 32.2. The predicted octanol–water partition coefficient (Wildman–Crippen LogP) is 2.37. The molecular formula is C21H27FN4O3S. The number of hydrogen-bond acceptors (Lipinski definition) is 4. The second kappa shape index (κ2) is 9.90. The molecule has 0 atom stereocenters. The highest BCUT2D eigenvalue weighted by Gasteiger charge is 2.30. The number of rotatable bonds is 7. The molecule has 3 rings (SSSR count). The molecule has 0 aromatic heterocycles. The van der Waals surface area contributed by atoms with E-state index in [-0.39, 0.29) is 24.0 Å². The lowest BCUT2D eigenvalue weighted by atomic mass is 10.3. The molecule has 1 fully saturated rings. The quantitative estimate of drug-likeness (QED) is 0.679. The summed E-state index contributed by atoms with van der Waals surface area (Å²) in [5.41, 5.74) is 1.12. The Balaban J connectivity index is 1.42. The number of hydrogen-bond donors (Lipinski definition) is 1. The van der Waals surface area contributed by atoms with Gasteiger partial charge in [-0.3, -0.25) is 0 Å². The van der Waals surface area contributed by atoms with Crippen molar-refractivity contribution in [3.8, 4) is 0 Å². The summed E-state index contributed by atoms with van der Waals surface area (Å²) >= 11 is 0. The molecule has 2 aromatic carbocycles. The molecule has 1 aliphatic heterocycles. The number of sulfonamides is 1. The molecule has 1 aliphatic rings. The normalized spacial score (nSPS) is 15.1. The number of nitrogens with one attached hydrogen (secondary N) is 1. The van der Waals surface area contributed by atoms with Crippen molar-refractivity contribution in [3.05, 3.63) is 60.4 Å². The van der Waals surface area contributed by atoms with Gasteiger partial charge >= 0.3 is 6.03 Å². The molecule has 0 bridgehead atoms. The van der Waals surface area contributed by atoms with E-state index in [0.29, 0.717) is 19.6 Å². The number of anilines is 1. The van der Waals surface area contributed by atoms with Gasteiger partial charge in [-0.2, -0.15) is 4.31 Å². The molecular weight excluding hydrogens is 407 g/mol. The van der Waals surface area contributed by atoms with E-state index in [1.54, 1.807) is 4.90 Å². The third-order valence-electron chi connectivity index (χ3n) is 5.10. The summed E-state index contributed by atoms with van der Waals surface area (Å²) < 4.78 is 40.0. The van der Waals surface area contributed by atoms with Crippen LogP contribution < -0.4 is 10.2 Å². The van der Waals surface area contributed by atoms with Gasteiger partial charge in [-0.25, -0.2) is 17.6 Å². The van der Waals surface area contributed by atoms with E-state index in [2.05, 4.69) is 10.2 Å². The van der Waals surface area contributed by atoms with Crippen molar-refractivity contribution in [2.75, 3.05) is 51.2 Å². The summed E-state index contributed by atoms with van der Waals surface area (Å²) in [6, 6.07) is 14.8. The number of carbonyl (C=O) groups excluding carboxylic acids is 1. The molecule has 7 nitrogen and oxygen atoms in total. The Kier molecular flexibility index (Phi) is 7.28. The van der Waals surface area contributed by atoms with E-state index in [1.165, 1.54) is 22.5 Å². The number of para-hydroxylation sites is 1. The first-order valence-corrected chi connectivity index (χ1v) is 11.4. The number of amides is 2. The molecule has 30 heavy (non-hydrogen) atoms. The van der Waals surface area contributed by atoms with Gasteiger partial charge in [0.15, 0.2) is 0 Å². The van der Waals surface area contributed by atoms with E-state index in [0.717, 1.165) is 24.7 Å². The maximum atomic E-state index is 13.4. The number of halogens is 1. The standard InChI is InChI=1S/C21H27FN4O3S/c1-24(19-8-3-2-4-9-19)12-6-11-23-21(27)25-13-15-26(16-14-25)30(28,29)20-10-5-7-18(22)17-20/h2-5,7-10,17H,6,11-16H2,1H3,(H,23,27). The molecule has 1 saturated heterocycles. The molecule has 1 heterocycles. The van der Waals surface area contributed by atoms with Crippen molar-refractivity contribution >= 4 is 21.7 Å². The molecule has 1 N–H and O–H groups in total. The third-order valence-corrected chi connectivity index (χ3v) is 7.00. The van der Waals surface area contributed by atoms with Crippen molar-refractivity contribution < 1.29 is 17.6 Å². The van der Waals surface area contributed by atoms with E-state index < -0.39 is 15.8 Å². The van der Waals surface area contributed by atoms with Crippen LogP contribution in [-0.2, 0) is 10.0 Å².